The number of hydrogen-bond donors (Lipinski definition) is 1. The summed E-state index contributed by atoms with van der Waals surface area (Å²) in [6.45, 7) is 3.01. The number of para-hydroxylation sites is 2. The molecule has 4 nitrogen and oxygen atoms in total. The Morgan fingerprint density at radius 1 is 1.08 bits per heavy atom. The fourth-order valence-corrected chi connectivity index (χ4v) is 4.58. The molecular formula is C20H22FN3OS. The molecule has 1 aromatic heterocycles. The molecule has 26 heavy (non-hydrogen) atoms. The van der Waals surface area contributed by atoms with E-state index in [0.29, 0.717) is 0 Å². The normalized spacial score (nSPS) is 16.3. The molecule has 0 aliphatic carbocycles. The molecule has 6 heteroatoms. The average molecular weight is 371 g/mol. The second-order valence-electron chi connectivity index (χ2n) is 6.69. The van der Waals surface area contributed by atoms with Gasteiger partial charge in [-0.15, -0.1) is 11.8 Å². The van der Waals surface area contributed by atoms with Crippen LogP contribution in [0.3, 0.4) is 0 Å². The van der Waals surface area contributed by atoms with E-state index in [-0.39, 0.29) is 17.5 Å². The standard InChI is InChI=1S/C20H22FN3OS/c21-15-5-7-17(8-6-15)26-14-13-23-11-9-16(10-12-23)24-19-4-2-1-3-18(19)22-20(24)25/h1-8,16H,9-14H2,(H,22,25). The van der Waals surface area contributed by atoms with E-state index in [1.54, 1.807) is 11.8 Å². The highest BCUT2D eigenvalue weighted by atomic mass is 32.2. The SMILES string of the molecule is O=c1[nH]c2ccccc2n1C1CCN(CCSc2ccc(F)cc2)CC1. The highest BCUT2D eigenvalue weighted by Gasteiger charge is 2.23. The minimum Gasteiger partial charge on any atom is -0.306 e. The molecule has 1 aliphatic heterocycles. The molecule has 0 radical (unpaired) electrons. The average Bonchev–Trinajstić information content (AvgIpc) is 3.00. The van der Waals surface area contributed by atoms with Crippen LogP contribution >= 0.6 is 11.8 Å². The van der Waals surface area contributed by atoms with Crippen molar-refractivity contribution in [2.45, 2.75) is 23.8 Å². The lowest BCUT2D eigenvalue weighted by Crippen LogP contribution is -2.38. The number of rotatable bonds is 5. The summed E-state index contributed by atoms with van der Waals surface area (Å²) < 4.78 is 14.9. The number of H-pyrrole nitrogens is 1. The van der Waals surface area contributed by atoms with Gasteiger partial charge in [-0.1, -0.05) is 12.1 Å². The number of thioether (sulfide) groups is 1. The van der Waals surface area contributed by atoms with Crippen molar-refractivity contribution in [1.29, 1.82) is 0 Å². The number of hydrogen-bond acceptors (Lipinski definition) is 3. The topological polar surface area (TPSA) is 41.0 Å². The van der Waals surface area contributed by atoms with Crippen LogP contribution in [-0.4, -0.2) is 39.8 Å². The fraction of sp³-hybridized carbons (Fsp3) is 0.350. The van der Waals surface area contributed by atoms with Gasteiger partial charge in [-0.3, -0.25) is 4.57 Å². The number of nitrogens with one attached hydrogen (secondary N) is 1. The van der Waals surface area contributed by atoms with Gasteiger partial charge in [0.05, 0.1) is 11.0 Å². The van der Waals surface area contributed by atoms with Crippen molar-refractivity contribution < 1.29 is 4.39 Å². The van der Waals surface area contributed by atoms with Gasteiger partial charge in [0.1, 0.15) is 5.82 Å². The monoisotopic (exact) mass is 371 g/mol. The highest BCUT2D eigenvalue weighted by molar-refractivity contribution is 7.99. The minimum atomic E-state index is -0.191. The van der Waals surface area contributed by atoms with Crippen LogP contribution in [0.1, 0.15) is 18.9 Å². The van der Waals surface area contributed by atoms with Gasteiger partial charge in [0.15, 0.2) is 0 Å². The highest BCUT2D eigenvalue weighted by Crippen LogP contribution is 2.25. The Labute approximate surface area is 156 Å². The molecule has 1 N–H and O–H groups in total. The maximum atomic E-state index is 12.9. The van der Waals surface area contributed by atoms with Crippen molar-refractivity contribution in [3.8, 4) is 0 Å². The molecule has 1 aliphatic rings. The zero-order chi connectivity index (χ0) is 17.9. The van der Waals surface area contributed by atoms with Gasteiger partial charge in [-0.2, -0.15) is 0 Å². The number of aromatic nitrogens is 2. The van der Waals surface area contributed by atoms with Gasteiger partial charge >= 0.3 is 5.69 Å². The predicted octanol–water partition coefficient (Wildman–Crippen LogP) is 3.90. The van der Waals surface area contributed by atoms with E-state index in [4.69, 9.17) is 0 Å². The van der Waals surface area contributed by atoms with Gasteiger partial charge in [-0.05, 0) is 49.2 Å². The van der Waals surface area contributed by atoms with E-state index in [9.17, 15) is 9.18 Å². The summed E-state index contributed by atoms with van der Waals surface area (Å²) in [5.74, 6) is 0.799. The van der Waals surface area contributed by atoms with E-state index in [1.165, 1.54) is 12.1 Å². The van der Waals surface area contributed by atoms with E-state index in [0.717, 1.165) is 54.2 Å². The first-order valence-electron chi connectivity index (χ1n) is 9.01. The number of imidazole rings is 1. The first-order valence-corrected chi connectivity index (χ1v) is 9.99. The summed E-state index contributed by atoms with van der Waals surface area (Å²) in [5.41, 5.74) is 1.91. The molecule has 0 spiro atoms. The van der Waals surface area contributed by atoms with Gasteiger partial charge in [0.2, 0.25) is 0 Å². The van der Waals surface area contributed by atoms with E-state index >= 15 is 0 Å². The summed E-state index contributed by atoms with van der Waals surface area (Å²) in [7, 11) is 0. The smallest absolute Gasteiger partial charge is 0.306 e. The predicted molar refractivity (Wildman–Crippen MR) is 104 cm³/mol. The van der Waals surface area contributed by atoms with Crippen molar-refractivity contribution >= 4 is 22.8 Å². The van der Waals surface area contributed by atoms with Gasteiger partial charge in [0.25, 0.3) is 0 Å². The molecule has 4 rings (SSSR count). The third kappa shape index (κ3) is 3.71. The molecule has 1 saturated heterocycles. The van der Waals surface area contributed by atoms with Crippen molar-refractivity contribution in [1.82, 2.24) is 14.5 Å². The Bertz CT molecular complexity index is 926. The lowest BCUT2D eigenvalue weighted by Gasteiger charge is -2.32. The lowest BCUT2D eigenvalue weighted by atomic mass is 10.0. The third-order valence-electron chi connectivity index (χ3n) is 5.04. The third-order valence-corrected chi connectivity index (χ3v) is 6.03. The first kappa shape index (κ1) is 17.4. The summed E-state index contributed by atoms with van der Waals surface area (Å²) in [6, 6.07) is 14.8. The van der Waals surface area contributed by atoms with Gasteiger partial charge < -0.3 is 9.88 Å². The van der Waals surface area contributed by atoms with E-state index in [2.05, 4.69) is 9.88 Å². The van der Waals surface area contributed by atoms with E-state index in [1.807, 2.05) is 41.0 Å². The second kappa shape index (κ2) is 7.68. The maximum Gasteiger partial charge on any atom is 0.326 e. The zero-order valence-corrected chi connectivity index (χ0v) is 15.3. The van der Waals surface area contributed by atoms with Crippen molar-refractivity contribution in [2.75, 3.05) is 25.4 Å². The molecule has 0 saturated carbocycles. The molecule has 3 aromatic rings. The molecule has 0 unspecified atom stereocenters. The molecular weight excluding hydrogens is 349 g/mol. The number of fused-ring (bicyclic) bond motifs is 1. The molecule has 2 aromatic carbocycles. The minimum absolute atomic E-state index is 0.00323. The lowest BCUT2D eigenvalue weighted by molar-refractivity contribution is 0.196. The first-order chi connectivity index (χ1) is 12.7. The van der Waals surface area contributed by atoms with Crippen LogP contribution in [0, 0.1) is 5.82 Å². The van der Waals surface area contributed by atoms with Crippen LogP contribution in [0.4, 0.5) is 4.39 Å². The Balaban J connectivity index is 1.32. The van der Waals surface area contributed by atoms with Crippen molar-refractivity contribution in [3.63, 3.8) is 0 Å². The summed E-state index contributed by atoms with van der Waals surface area (Å²) in [6.07, 6.45) is 1.98. The fourth-order valence-electron chi connectivity index (χ4n) is 3.66. The zero-order valence-electron chi connectivity index (χ0n) is 14.5. The molecule has 0 bridgehead atoms. The Morgan fingerprint density at radius 2 is 1.81 bits per heavy atom. The van der Waals surface area contributed by atoms with E-state index < -0.39 is 0 Å². The van der Waals surface area contributed by atoms with Crippen LogP contribution in [0.15, 0.2) is 58.2 Å². The maximum absolute atomic E-state index is 12.9. The van der Waals surface area contributed by atoms with Crippen LogP contribution in [-0.2, 0) is 0 Å². The summed E-state index contributed by atoms with van der Waals surface area (Å²) in [4.78, 5) is 18.8. The number of nitrogens with zero attached hydrogens (tertiary/aromatic N) is 2. The number of benzene rings is 2. The molecule has 136 valence electrons. The number of halogens is 1. The van der Waals surface area contributed by atoms with Crippen LogP contribution in [0.2, 0.25) is 0 Å². The van der Waals surface area contributed by atoms with Crippen LogP contribution in [0.25, 0.3) is 11.0 Å². The summed E-state index contributed by atoms with van der Waals surface area (Å²) in [5, 5.41) is 0. The largest absolute Gasteiger partial charge is 0.326 e. The number of piperidine rings is 1. The van der Waals surface area contributed by atoms with Crippen LogP contribution < -0.4 is 5.69 Å². The molecule has 2 heterocycles. The van der Waals surface area contributed by atoms with Crippen molar-refractivity contribution in [2.24, 2.45) is 0 Å². The van der Waals surface area contributed by atoms with Crippen LogP contribution in [0.5, 0.6) is 0 Å². The summed E-state index contributed by atoms with van der Waals surface area (Å²) >= 11 is 1.76. The molecule has 0 amide bonds. The number of aromatic amines is 1. The van der Waals surface area contributed by atoms with Gasteiger partial charge in [-0.25, -0.2) is 9.18 Å². The molecule has 0 atom stereocenters. The quantitative estimate of drug-likeness (QED) is 0.692. The Kier molecular flexibility index (Phi) is 5.13. The Morgan fingerprint density at radius 3 is 2.58 bits per heavy atom. The second-order valence-corrected chi connectivity index (χ2v) is 7.86. The van der Waals surface area contributed by atoms with Crippen molar-refractivity contribution in [3.05, 3.63) is 64.8 Å². The van der Waals surface area contributed by atoms with Gasteiger partial charge in [0, 0.05) is 36.3 Å². The number of likely N-dealkylation sites (tertiary alicyclic amines) is 1. The Hall–Kier alpha value is -2.05. The molecule has 1 fully saturated rings.